The van der Waals surface area contributed by atoms with E-state index in [0.717, 1.165) is 26.1 Å². The number of rotatable bonds is 6. The van der Waals surface area contributed by atoms with Crippen LogP contribution in [0.3, 0.4) is 0 Å². The van der Waals surface area contributed by atoms with Gasteiger partial charge in [0.1, 0.15) is 9.84 Å². The third kappa shape index (κ3) is 5.19. The fraction of sp³-hybridized carbons (Fsp3) is 1.00. The molecule has 3 N–H and O–H groups in total. The third-order valence-electron chi connectivity index (χ3n) is 3.61. The topological polar surface area (TPSA) is 78.7 Å². The van der Waals surface area contributed by atoms with Crippen LogP contribution < -0.4 is 11.3 Å². The van der Waals surface area contributed by atoms with Gasteiger partial charge in [-0.25, -0.2) is 8.42 Å². The molecule has 1 saturated heterocycles. The number of nitrogens with one attached hydrogen (secondary N) is 1. The quantitative estimate of drug-likeness (QED) is 0.474. The summed E-state index contributed by atoms with van der Waals surface area (Å²) in [6, 6.07) is 0.479. The molecular formula is C11H26N4O2S. The monoisotopic (exact) mass is 278 g/mol. The molecule has 108 valence electrons. The molecule has 0 spiro atoms. The zero-order valence-corrected chi connectivity index (χ0v) is 12.4. The highest BCUT2D eigenvalue weighted by Crippen LogP contribution is 2.13. The lowest BCUT2D eigenvalue weighted by Crippen LogP contribution is -2.59. The predicted molar refractivity (Wildman–Crippen MR) is 74.0 cm³/mol. The molecule has 0 aliphatic carbocycles. The first kappa shape index (κ1) is 15.8. The van der Waals surface area contributed by atoms with Gasteiger partial charge in [0, 0.05) is 43.7 Å². The third-order valence-corrected chi connectivity index (χ3v) is 4.64. The lowest BCUT2D eigenvalue weighted by molar-refractivity contribution is 0.0851. The Morgan fingerprint density at radius 1 is 1.39 bits per heavy atom. The highest BCUT2D eigenvalue weighted by molar-refractivity contribution is 7.90. The number of nitrogens with two attached hydrogens (primary N) is 1. The summed E-state index contributed by atoms with van der Waals surface area (Å²) < 4.78 is 22.2. The molecule has 7 heteroatoms. The standard InChI is InChI=1S/C11H26N4O2S/c1-14-6-7-15(2)11(9-14)10(13-12)5-4-8-18(3,16)17/h10-11,13H,4-9,12H2,1-3H3. The Balaban J connectivity index is 2.48. The second-order valence-corrected chi connectivity index (χ2v) is 7.62. The minimum atomic E-state index is -2.88. The first-order valence-electron chi connectivity index (χ1n) is 6.36. The molecule has 1 aliphatic rings. The van der Waals surface area contributed by atoms with Crippen LogP contribution in [0.15, 0.2) is 0 Å². The van der Waals surface area contributed by atoms with Crippen LogP contribution in [0.4, 0.5) is 0 Å². The molecule has 0 aromatic carbocycles. The van der Waals surface area contributed by atoms with Crippen molar-refractivity contribution >= 4 is 9.84 Å². The van der Waals surface area contributed by atoms with E-state index in [2.05, 4.69) is 29.3 Å². The molecule has 2 unspecified atom stereocenters. The van der Waals surface area contributed by atoms with Gasteiger partial charge in [-0.15, -0.1) is 0 Å². The zero-order chi connectivity index (χ0) is 13.8. The Kier molecular flexibility index (Phi) is 6.00. The molecule has 18 heavy (non-hydrogen) atoms. The van der Waals surface area contributed by atoms with E-state index in [1.54, 1.807) is 0 Å². The molecule has 0 saturated carbocycles. The zero-order valence-electron chi connectivity index (χ0n) is 11.6. The number of hydrogen-bond donors (Lipinski definition) is 2. The van der Waals surface area contributed by atoms with Crippen molar-refractivity contribution in [2.75, 3.05) is 45.7 Å². The van der Waals surface area contributed by atoms with Crippen LogP contribution in [0.5, 0.6) is 0 Å². The van der Waals surface area contributed by atoms with Crippen molar-refractivity contribution in [3.63, 3.8) is 0 Å². The fourth-order valence-corrected chi connectivity index (χ4v) is 3.12. The number of piperazine rings is 1. The molecule has 2 atom stereocenters. The van der Waals surface area contributed by atoms with Gasteiger partial charge < -0.3 is 4.90 Å². The van der Waals surface area contributed by atoms with Crippen LogP contribution in [0, 0.1) is 0 Å². The molecule has 0 aromatic heterocycles. The van der Waals surface area contributed by atoms with Crippen LogP contribution in [0.2, 0.25) is 0 Å². The average Bonchev–Trinajstić information content (AvgIpc) is 2.27. The number of likely N-dealkylation sites (N-methyl/N-ethyl adjacent to an activating group) is 2. The fourth-order valence-electron chi connectivity index (χ4n) is 2.43. The van der Waals surface area contributed by atoms with Crippen molar-refractivity contribution in [1.82, 2.24) is 15.2 Å². The highest BCUT2D eigenvalue weighted by atomic mass is 32.2. The summed E-state index contributed by atoms with van der Waals surface area (Å²) in [5.74, 6) is 5.85. The summed E-state index contributed by atoms with van der Waals surface area (Å²) in [5.41, 5.74) is 2.85. The molecule has 0 aromatic rings. The summed E-state index contributed by atoms with van der Waals surface area (Å²) in [7, 11) is 1.32. The van der Waals surface area contributed by atoms with E-state index in [0.29, 0.717) is 12.5 Å². The molecule has 6 nitrogen and oxygen atoms in total. The van der Waals surface area contributed by atoms with E-state index < -0.39 is 9.84 Å². The van der Waals surface area contributed by atoms with E-state index in [1.807, 2.05) is 0 Å². The van der Waals surface area contributed by atoms with Crippen LogP contribution in [-0.4, -0.2) is 76.0 Å². The first-order chi connectivity index (χ1) is 8.33. The maximum atomic E-state index is 11.1. The molecule has 0 radical (unpaired) electrons. The number of hydrazine groups is 1. The van der Waals surface area contributed by atoms with Crippen molar-refractivity contribution in [2.45, 2.75) is 24.9 Å². The SMILES string of the molecule is CN1CCN(C)C(C(CCCS(C)(=O)=O)NN)C1. The molecule has 0 bridgehead atoms. The molecule has 1 fully saturated rings. The van der Waals surface area contributed by atoms with Crippen LogP contribution in [0.1, 0.15) is 12.8 Å². The lowest BCUT2D eigenvalue weighted by atomic mass is 10.0. The number of sulfone groups is 1. The Morgan fingerprint density at radius 2 is 2.06 bits per heavy atom. The minimum absolute atomic E-state index is 0.138. The van der Waals surface area contributed by atoms with E-state index in [1.165, 1.54) is 6.26 Å². The van der Waals surface area contributed by atoms with Gasteiger partial charge in [0.2, 0.25) is 0 Å². The summed E-state index contributed by atoms with van der Waals surface area (Å²) in [4.78, 5) is 4.58. The van der Waals surface area contributed by atoms with E-state index in [-0.39, 0.29) is 11.8 Å². The number of hydrogen-bond acceptors (Lipinski definition) is 6. The molecule has 1 heterocycles. The maximum Gasteiger partial charge on any atom is 0.147 e. The summed E-state index contributed by atoms with van der Waals surface area (Å²) in [6.45, 7) is 3.04. The molecular weight excluding hydrogens is 252 g/mol. The Morgan fingerprint density at radius 3 is 2.61 bits per heavy atom. The summed E-state index contributed by atoms with van der Waals surface area (Å²) >= 11 is 0. The smallest absolute Gasteiger partial charge is 0.147 e. The molecule has 1 rings (SSSR count). The van der Waals surface area contributed by atoms with Crippen LogP contribution in [0.25, 0.3) is 0 Å². The highest BCUT2D eigenvalue weighted by Gasteiger charge is 2.28. The normalized spacial score (nSPS) is 25.2. The van der Waals surface area contributed by atoms with E-state index in [9.17, 15) is 8.42 Å². The van der Waals surface area contributed by atoms with Crippen molar-refractivity contribution < 1.29 is 8.42 Å². The van der Waals surface area contributed by atoms with Crippen LogP contribution in [-0.2, 0) is 9.84 Å². The second-order valence-electron chi connectivity index (χ2n) is 5.36. The average molecular weight is 278 g/mol. The Hall–Kier alpha value is -0.210. The Bertz CT molecular complexity index is 347. The first-order valence-corrected chi connectivity index (χ1v) is 8.42. The van der Waals surface area contributed by atoms with Gasteiger partial charge in [0.15, 0.2) is 0 Å². The summed E-state index contributed by atoms with van der Waals surface area (Å²) in [5, 5.41) is 0. The van der Waals surface area contributed by atoms with Gasteiger partial charge in [0.25, 0.3) is 0 Å². The largest absolute Gasteiger partial charge is 0.303 e. The van der Waals surface area contributed by atoms with Crippen LogP contribution >= 0.6 is 0 Å². The summed E-state index contributed by atoms with van der Waals surface area (Å²) in [6.07, 6.45) is 2.71. The maximum absolute atomic E-state index is 11.1. The van der Waals surface area contributed by atoms with E-state index >= 15 is 0 Å². The van der Waals surface area contributed by atoms with Crippen molar-refractivity contribution in [2.24, 2.45) is 5.84 Å². The van der Waals surface area contributed by atoms with Crippen molar-refractivity contribution in [3.8, 4) is 0 Å². The molecule has 0 amide bonds. The molecule has 1 aliphatic heterocycles. The minimum Gasteiger partial charge on any atom is -0.303 e. The van der Waals surface area contributed by atoms with Crippen molar-refractivity contribution in [3.05, 3.63) is 0 Å². The lowest BCUT2D eigenvalue weighted by Gasteiger charge is -2.41. The van der Waals surface area contributed by atoms with Gasteiger partial charge in [-0.3, -0.25) is 16.2 Å². The Labute approximate surface area is 110 Å². The van der Waals surface area contributed by atoms with Gasteiger partial charge in [0.05, 0.1) is 0 Å². The number of nitrogens with zero attached hydrogens (tertiary/aromatic N) is 2. The van der Waals surface area contributed by atoms with Gasteiger partial charge in [-0.2, -0.15) is 0 Å². The van der Waals surface area contributed by atoms with E-state index in [4.69, 9.17) is 5.84 Å². The van der Waals surface area contributed by atoms with Gasteiger partial charge >= 0.3 is 0 Å². The van der Waals surface area contributed by atoms with Gasteiger partial charge in [-0.1, -0.05) is 0 Å². The predicted octanol–water partition coefficient (Wildman–Crippen LogP) is -1.11. The van der Waals surface area contributed by atoms with Gasteiger partial charge in [-0.05, 0) is 26.9 Å². The van der Waals surface area contributed by atoms with Crippen molar-refractivity contribution in [1.29, 1.82) is 0 Å². The second kappa shape index (κ2) is 6.81.